The predicted molar refractivity (Wildman–Crippen MR) is 86.0 cm³/mol. The van der Waals surface area contributed by atoms with Gasteiger partial charge in [0.25, 0.3) is 0 Å². The predicted octanol–water partition coefficient (Wildman–Crippen LogP) is 3.79. The maximum Gasteiger partial charge on any atom is 0.328 e. The van der Waals surface area contributed by atoms with Crippen molar-refractivity contribution in [2.75, 3.05) is 7.05 Å². The molecule has 1 aromatic rings. The highest BCUT2D eigenvalue weighted by atomic mass is 16.4. The van der Waals surface area contributed by atoms with Crippen molar-refractivity contribution in [2.24, 2.45) is 5.92 Å². The largest absolute Gasteiger partial charge is 0.478 e. The SMILES string of the molecule is CC1CCCCC1N(C)Cc1ccccc1C=CC(=O)O. The number of aliphatic carboxylic acids is 1. The van der Waals surface area contributed by atoms with Crippen molar-refractivity contribution in [3.63, 3.8) is 0 Å². The fourth-order valence-corrected chi connectivity index (χ4v) is 3.34. The van der Waals surface area contributed by atoms with Crippen molar-refractivity contribution in [1.29, 1.82) is 0 Å². The Morgan fingerprint density at radius 2 is 2.05 bits per heavy atom. The summed E-state index contributed by atoms with van der Waals surface area (Å²) in [6.07, 6.45) is 8.15. The second kappa shape index (κ2) is 7.41. The van der Waals surface area contributed by atoms with Crippen LogP contribution in [-0.4, -0.2) is 29.1 Å². The van der Waals surface area contributed by atoms with Gasteiger partial charge < -0.3 is 5.11 Å². The molecule has 1 fully saturated rings. The first-order valence-electron chi connectivity index (χ1n) is 7.77. The number of nitrogens with zero attached hydrogens (tertiary/aromatic N) is 1. The Hall–Kier alpha value is -1.61. The molecule has 0 heterocycles. The molecule has 1 saturated carbocycles. The minimum atomic E-state index is -0.904. The van der Waals surface area contributed by atoms with Gasteiger partial charge in [-0.1, -0.05) is 44.0 Å². The van der Waals surface area contributed by atoms with Gasteiger partial charge >= 0.3 is 5.97 Å². The van der Waals surface area contributed by atoms with Gasteiger partial charge in [0, 0.05) is 18.7 Å². The van der Waals surface area contributed by atoms with Gasteiger partial charge in [0.1, 0.15) is 0 Å². The number of hydrogen-bond acceptors (Lipinski definition) is 2. The van der Waals surface area contributed by atoms with E-state index in [-0.39, 0.29) is 0 Å². The number of benzene rings is 1. The molecule has 0 bridgehead atoms. The summed E-state index contributed by atoms with van der Waals surface area (Å²) < 4.78 is 0. The molecule has 0 aromatic heterocycles. The summed E-state index contributed by atoms with van der Waals surface area (Å²) in [7, 11) is 2.18. The monoisotopic (exact) mass is 287 g/mol. The molecular weight excluding hydrogens is 262 g/mol. The normalized spacial score (nSPS) is 22.8. The molecule has 1 N–H and O–H groups in total. The number of carbonyl (C=O) groups is 1. The lowest BCUT2D eigenvalue weighted by molar-refractivity contribution is -0.131. The molecule has 2 atom stereocenters. The van der Waals surface area contributed by atoms with Gasteiger partial charge in [-0.05, 0) is 43.0 Å². The van der Waals surface area contributed by atoms with E-state index < -0.39 is 5.97 Å². The molecule has 2 rings (SSSR count). The van der Waals surface area contributed by atoms with Crippen LogP contribution in [0.3, 0.4) is 0 Å². The lowest BCUT2D eigenvalue weighted by Crippen LogP contribution is -2.38. The van der Waals surface area contributed by atoms with Crippen LogP contribution in [-0.2, 0) is 11.3 Å². The summed E-state index contributed by atoms with van der Waals surface area (Å²) in [6, 6.07) is 8.67. The zero-order valence-electron chi connectivity index (χ0n) is 13.0. The fraction of sp³-hybridized carbons (Fsp3) is 0.500. The van der Waals surface area contributed by atoms with Crippen molar-refractivity contribution in [3.05, 3.63) is 41.5 Å². The van der Waals surface area contributed by atoms with E-state index >= 15 is 0 Å². The molecule has 1 aromatic carbocycles. The van der Waals surface area contributed by atoms with Crippen molar-refractivity contribution in [2.45, 2.75) is 45.2 Å². The average molecular weight is 287 g/mol. The zero-order chi connectivity index (χ0) is 15.2. The number of hydrogen-bond donors (Lipinski definition) is 1. The minimum Gasteiger partial charge on any atom is -0.478 e. The summed E-state index contributed by atoms with van der Waals surface area (Å²) in [5, 5.41) is 8.79. The molecule has 1 aliphatic rings. The van der Waals surface area contributed by atoms with Crippen LogP contribution in [0.4, 0.5) is 0 Å². The average Bonchev–Trinajstić information content (AvgIpc) is 2.46. The highest BCUT2D eigenvalue weighted by molar-refractivity contribution is 5.85. The molecule has 3 nitrogen and oxygen atoms in total. The maximum atomic E-state index is 10.7. The molecule has 114 valence electrons. The second-order valence-electron chi connectivity index (χ2n) is 6.11. The van der Waals surface area contributed by atoms with Gasteiger partial charge in [-0.15, -0.1) is 0 Å². The Bertz CT molecular complexity index is 510. The first-order valence-corrected chi connectivity index (χ1v) is 7.77. The van der Waals surface area contributed by atoms with Gasteiger partial charge in [-0.3, -0.25) is 4.90 Å². The lowest BCUT2D eigenvalue weighted by atomic mass is 9.85. The van der Waals surface area contributed by atoms with Crippen LogP contribution in [0.1, 0.15) is 43.7 Å². The van der Waals surface area contributed by atoms with Crippen LogP contribution in [0, 0.1) is 5.92 Å². The molecule has 0 amide bonds. The third-order valence-electron chi connectivity index (χ3n) is 4.51. The summed E-state index contributed by atoms with van der Waals surface area (Å²) in [6.45, 7) is 3.21. The third-order valence-corrected chi connectivity index (χ3v) is 4.51. The topological polar surface area (TPSA) is 40.5 Å². The molecule has 0 saturated heterocycles. The van der Waals surface area contributed by atoms with Crippen LogP contribution in [0.15, 0.2) is 30.3 Å². The van der Waals surface area contributed by atoms with E-state index in [9.17, 15) is 4.79 Å². The first-order chi connectivity index (χ1) is 10.1. The van der Waals surface area contributed by atoms with Crippen LogP contribution >= 0.6 is 0 Å². The van der Waals surface area contributed by atoms with Crippen molar-refractivity contribution < 1.29 is 9.90 Å². The Balaban J connectivity index is 2.09. The molecule has 3 heteroatoms. The van der Waals surface area contributed by atoms with E-state index in [1.165, 1.54) is 37.3 Å². The van der Waals surface area contributed by atoms with E-state index in [1.807, 2.05) is 18.2 Å². The second-order valence-corrected chi connectivity index (χ2v) is 6.11. The van der Waals surface area contributed by atoms with Crippen LogP contribution in [0.25, 0.3) is 6.08 Å². The number of rotatable bonds is 5. The summed E-state index contributed by atoms with van der Waals surface area (Å²) in [4.78, 5) is 13.1. The lowest BCUT2D eigenvalue weighted by Gasteiger charge is -2.36. The highest BCUT2D eigenvalue weighted by Gasteiger charge is 2.24. The Kier molecular flexibility index (Phi) is 5.57. The maximum absolute atomic E-state index is 10.7. The minimum absolute atomic E-state index is 0.634. The van der Waals surface area contributed by atoms with Gasteiger partial charge in [0.05, 0.1) is 0 Å². The zero-order valence-corrected chi connectivity index (χ0v) is 13.0. The van der Waals surface area contributed by atoms with E-state index in [1.54, 1.807) is 6.08 Å². The first kappa shape index (κ1) is 15.8. The van der Waals surface area contributed by atoms with Crippen molar-refractivity contribution >= 4 is 12.0 Å². The molecule has 0 radical (unpaired) electrons. The summed E-state index contributed by atoms with van der Waals surface area (Å²) in [5.41, 5.74) is 2.19. The van der Waals surface area contributed by atoms with E-state index in [0.29, 0.717) is 6.04 Å². The van der Waals surface area contributed by atoms with E-state index in [4.69, 9.17) is 5.11 Å². The van der Waals surface area contributed by atoms with Crippen LogP contribution in [0.2, 0.25) is 0 Å². The Labute approximate surface area is 127 Å². The van der Waals surface area contributed by atoms with E-state index in [0.717, 1.165) is 18.0 Å². The third kappa shape index (κ3) is 4.43. The molecule has 2 unspecified atom stereocenters. The van der Waals surface area contributed by atoms with E-state index in [2.05, 4.69) is 24.9 Å². The Morgan fingerprint density at radius 3 is 2.76 bits per heavy atom. The van der Waals surface area contributed by atoms with Gasteiger partial charge in [0.15, 0.2) is 0 Å². The number of carboxylic acid groups (broad SMARTS) is 1. The molecule has 0 aliphatic heterocycles. The molecule has 21 heavy (non-hydrogen) atoms. The summed E-state index contributed by atoms with van der Waals surface area (Å²) >= 11 is 0. The van der Waals surface area contributed by atoms with Gasteiger partial charge in [-0.2, -0.15) is 0 Å². The standard InChI is InChI=1S/C18H25NO2/c1-14-7-3-6-10-17(14)19(2)13-16-9-5-4-8-15(16)11-12-18(20)21/h4-5,8-9,11-12,14,17H,3,6-7,10,13H2,1-2H3,(H,20,21). The molecule has 1 aliphatic carbocycles. The summed E-state index contributed by atoms with van der Waals surface area (Å²) in [5.74, 6) is -0.162. The quantitative estimate of drug-likeness (QED) is 0.838. The molecule has 0 spiro atoms. The van der Waals surface area contributed by atoms with Crippen molar-refractivity contribution in [1.82, 2.24) is 4.90 Å². The van der Waals surface area contributed by atoms with Crippen LogP contribution < -0.4 is 0 Å². The molecular formula is C18H25NO2. The Morgan fingerprint density at radius 1 is 1.33 bits per heavy atom. The highest BCUT2D eigenvalue weighted by Crippen LogP contribution is 2.28. The van der Waals surface area contributed by atoms with Gasteiger partial charge in [-0.25, -0.2) is 4.79 Å². The number of carboxylic acids is 1. The van der Waals surface area contributed by atoms with Crippen LogP contribution in [0.5, 0.6) is 0 Å². The van der Waals surface area contributed by atoms with Gasteiger partial charge in [0.2, 0.25) is 0 Å². The fourth-order valence-electron chi connectivity index (χ4n) is 3.34. The smallest absolute Gasteiger partial charge is 0.328 e. The van der Waals surface area contributed by atoms with Crippen molar-refractivity contribution in [3.8, 4) is 0 Å².